The molecule has 0 aromatic heterocycles. The number of urea groups is 1. The highest BCUT2D eigenvalue weighted by Gasteiger charge is 2.36. The molecule has 21 heavy (non-hydrogen) atoms. The van der Waals surface area contributed by atoms with Crippen LogP contribution in [0.4, 0.5) is 10.5 Å². The molecule has 1 aromatic carbocycles. The number of carboxylic acid groups (broad SMARTS) is 1. The molecule has 0 spiro atoms. The minimum Gasteiger partial charge on any atom is -0.481 e. The van der Waals surface area contributed by atoms with Gasteiger partial charge in [-0.05, 0) is 11.6 Å². The highest BCUT2D eigenvalue weighted by molar-refractivity contribution is 7.84. The molecule has 2 amide bonds. The van der Waals surface area contributed by atoms with Crippen molar-refractivity contribution < 1.29 is 18.9 Å². The summed E-state index contributed by atoms with van der Waals surface area (Å²) >= 11 is 0. The van der Waals surface area contributed by atoms with Crippen molar-refractivity contribution in [1.29, 1.82) is 0 Å². The van der Waals surface area contributed by atoms with Gasteiger partial charge in [0.1, 0.15) is 5.92 Å². The third kappa shape index (κ3) is 3.41. The number of hydrogen-bond acceptors (Lipinski definition) is 3. The number of nitrogens with zero attached hydrogens (tertiary/aromatic N) is 1. The lowest BCUT2D eigenvalue weighted by molar-refractivity contribution is -0.138. The number of aliphatic carboxylic acids is 1. The predicted molar refractivity (Wildman–Crippen MR) is 81.1 cm³/mol. The van der Waals surface area contributed by atoms with E-state index in [1.54, 1.807) is 24.3 Å². The molecule has 1 aliphatic rings. The Labute approximate surface area is 125 Å². The van der Waals surface area contributed by atoms with Gasteiger partial charge in [0.15, 0.2) is 0 Å². The van der Waals surface area contributed by atoms with E-state index < -0.39 is 22.7 Å². The van der Waals surface area contributed by atoms with Crippen LogP contribution in [0.15, 0.2) is 24.3 Å². The first-order chi connectivity index (χ1) is 10.0. The monoisotopic (exact) mass is 310 g/mol. The number of hydrogen-bond donors (Lipinski definition) is 2. The average molecular weight is 310 g/mol. The standard InChI is InChI=1S/C14H18N2O4S/c1-2-21(20)8-7-15-14(19)16-9-11(13(17)18)10-5-3-4-6-12(10)16/h3-6,11H,2,7-9H2,1H3,(H,15,19)(H,17,18). The number of benzene rings is 1. The third-order valence-electron chi connectivity index (χ3n) is 3.44. The van der Waals surface area contributed by atoms with E-state index in [4.69, 9.17) is 0 Å². The van der Waals surface area contributed by atoms with Crippen LogP contribution in [0.25, 0.3) is 0 Å². The molecule has 0 bridgehead atoms. The van der Waals surface area contributed by atoms with Crippen LogP contribution in [0, 0.1) is 0 Å². The van der Waals surface area contributed by atoms with Crippen LogP contribution in [0.2, 0.25) is 0 Å². The van der Waals surface area contributed by atoms with Crippen LogP contribution in [0.3, 0.4) is 0 Å². The van der Waals surface area contributed by atoms with E-state index in [-0.39, 0.29) is 12.6 Å². The first-order valence-electron chi connectivity index (χ1n) is 6.76. The first-order valence-corrected chi connectivity index (χ1v) is 8.25. The minimum atomic E-state index is -0.940. The Morgan fingerprint density at radius 2 is 2.14 bits per heavy atom. The van der Waals surface area contributed by atoms with Crippen molar-refractivity contribution in [3.8, 4) is 0 Å². The molecule has 0 saturated heterocycles. The largest absolute Gasteiger partial charge is 0.481 e. The molecule has 0 radical (unpaired) electrons. The highest BCUT2D eigenvalue weighted by atomic mass is 32.2. The van der Waals surface area contributed by atoms with Gasteiger partial charge in [-0.3, -0.25) is 13.9 Å². The topological polar surface area (TPSA) is 86.7 Å². The average Bonchev–Trinajstić information content (AvgIpc) is 2.86. The fourth-order valence-corrected chi connectivity index (χ4v) is 2.94. The van der Waals surface area contributed by atoms with Crippen molar-refractivity contribution in [2.45, 2.75) is 12.8 Å². The molecule has 2 atom stereocenters. The smallest absolute Gasteiger partial charge is 0.321 e. The van der Waals surface area contributed by atoms with Gasteiger partial charge in [-0.1, -0.05) is 25.1 Å². The lowest BCUT2D eigenvalue weighted by Crippen LogP contribution is -2.41. The summed E-state index contributed by atoms with van der Waals surface area (Å²) in [4.78, 5) is 24.9. The minimum absolute atomic E-state index is 0.122. The molecule has 114 valence electrons. The van der Waals surface area contributed by atoms with Crippen LogP contribution in [-0.4, -0.2) is 45.9 Å². The molecular weight excluding hydrogens is 292 g/mol. The lowest BCUT2D eigenvalue weighted by atomic mass is 10.0. The van der Waals surface area contributed by atoms with Crippen molar-refractivity contribution in [3.05, 3.63) is 29.8 Å². The van der Waals surface area contributed by atoms with Crippen molar-refractivity contribution >= 4 is 28.5 Å². The maximum atomic E-state index is 12.2. The molecule has 6 nitrogen and oxygen atoms in total. The summed E-state index contributed by atoms with van der Waals surface area (Å²) in [6.45, 7) is 2.26. The van der Waals surface area contributed by atoms with Crippen LogP contribution in [0.5, 0.6) is 0 Å². The Hall–Kier alpha value is -1.89. The Kier molecular flexibility index (Phi) is 4.95. The summed E-state index contributed by atoms with van der Waals surface area (Å²) in [7, 11) is -0.932. The number of para-hydroxylation sites is 1. The number of carboxylic acids is 1. The van der Waals surface area contributed by atoms with Crippen molar-refractivity contribution in [2.24, 2.45) is 0 Å². The van der Waals surface area contributed by atoms with Crippen molar-refractivity contribution in [2.75, 3.05) is 29.5 Å². The van der Waals surface area contributed by atoms with E-state index in [1.807, 2.05) is 6.92 Å². The highest BCUT2D eigenvalue weighted by Crippen LogP contribution is 2.36. The zero-order chi connectivity index (χ0) is 15.4. The van der Waals surface area contributed by atoms with E-state index in [0.717, 1.165) is 0 Å². The number of carbonyl (C=O) groups is 2. The molecule has 2 N–H and O–H groups in total. The zero-order valence-electron chi connectivity index (χ0n) is 11.7. The SMILES string of the molecule is CCS(=O)CCNC(=O)N1CC(C(=O)O)c2ccccc21. The number of carbonyl (C=O) groups excluding carboxylic acids is 1. The second-order valence-electron chi connectivity index (χ2n) is 4.72. The number of anilines is 1. The maximum absolute atomic E-state index is 12.2. The molecule has 2 unspecified atom stereocenters. The summed E-state index contributed by atoms with van der Waals surface area (Å²) in [6.07, 6.45) is 0. The second kappa shape index (κ2) is 6.71. The van der Waals surface area contributed by atoms with Crippen LogP contribution in [-0.2, 0) is 15.6 Å². The molecule has 0 saturated carbocycles. The summed E-state index contributed by atoms with van der Waals surface area (Å²) < 4.78 is 11.3. The lowest BCUT2D eigenvalue weighted by Gasteiger charge is -2.18. The number of rotatable bonds is 5. The molecule has 1 aliphatic heterocycles. The molecule has 1 aromatic rings. The van der Waals surface area contributed by atoms with E-state index in [1.165, 1.54) is 4.90 Å². The van der Waals surface area contributed by atoms with Gasteiger partial charge in [0.05, 0.1) is 0 Å². The van der Waals surface area contributed by atoms with E-state index >= 15 is 0 Å². The second-order valence-corrected chi connectivity index (χ2v) is 6.59. The van der Waals surface area contributed by atoms with Gasteiger partial charge < -0.3 is 10.4 Å². The summed E-state index contributed by atoms with van der Waals surface area (Å²) in [5.41, 5.74) is 1.27. The van der Waals surface area contributed by atoms with Gasteiger partial charge in [-0.2, -0.15) is 0 Å². The molecular formula is C14H18N2O4S. The van der Waals surface area contributed by atoms with Crippen LogP contribution in [0.1, 0.15) is 18.4 Å². The normalized spacial score (nSPS) is 18.1. The van der Waals surface area contributed by atoms with E-state index in [9.17, 15) is 18.9 Å². The number of fused-ring (bicyclic) bond motifs is 1. The fraction of sp³-hybridized carbons (Fsp3) is 0.429. The Balaban J connectivity index is 2.06. The number of amides is 2. The summed E-state index contributed by atoms with van der Waals surface area (Å²) in [5.74, 6) is -0.676. The number of nitrogens with one attached hydrogen (secondary N) is 1. The maximum Gasteiger partial charge on any atom is 0.321 e. The Bertz CT molecular complexity index is 576. The van der Waals surface area contributed by atoms with Gasteiger partial charge >= 0.3 is 12.0 Å². The summed E-state index contributed by atoms with van der Waals surface area (Å²) in [5, 5.41) is 11.9. The van der Waals surface area contributed by atoms with Crippen molar-refractivity contribution in [1.82, 2.24) is 5.32 Å². The summed E-state index contributed by atoms with van der Waals surface area (Å²) in [6, 6.07) is 6.66. The Morgan fingerprint density at radius 1 is 1.43 bits per heavy atom. The van der Waals surface area contributed by atoms with Gasteiger partial charge in [0, 0.05) is 41.1 Å². The van der Waals surface area contributed by atoms with Gasteiger partial charge in [0.2, 0.25) is 0 Å². The van der Waals surface area contributed by atoms with E-state index in [2.05, 4.69) is 5.32 Å². The molecule has 1 heterocycles. The van der Waals surface area contributed by atoms with Gasteiger partial charge in [-0.15, -0.1) is 0 Å². The molecule has 7 heteroatoms. The van der Waals surface area contributed by atoms with E-state index in [0.29, 0.717) is 29.3 Å². The molecule has 2 rings (SSSR count). The van der Waals surface area contributed by atoms with Crippen LogP contribution >= 0.6 is 0 Å². The molecule has 0 aliphatic carbocycles. The van der Waals surface area contributed by atoms with Crippen LogP contribution < -0.4 is 10.2 Å². The van der Waals surface area contributed by atoms with Gasteiger partial charge in [-0.25, -0.2) is 4.79 Å². The molecule has 0 fully saturated rings. The quantitative estimate of drug-likeness (QED) is 0.854. The predicted octanol–water partition coefficient (Wildman–Crippen LogP) is 1.15. The van der Waals surface area contributed by atoms with Gasteiger partial charge in [0.25, 0.3) is 0 Å². The zero-order valence-corrected chi connectivity index (χ0v) is 12.6. The first kappa shape index (κ1) is 15.5. The fourth-order valence-electron chi connectivity index (χ4n) is 2.32. The van der Waals surface area contributed by atoms with Crippen molar-refractivity contribution in [3.63, 3.8) is 0 Å². The Morgan fingerprint density at radius 3 is 2.81 bits per heavy atom. The third-order valence-corrected chi connectivity index (χ3v) is 4.74.